The van der Waals surface area contributed by atoms with Crippen LogP contribution in [-0.4, -0.2) is 68.1 Å². The SMILES string of the molecule is O=C1OCCOCCSCCOCCOC(=O)c2cccc1n2. The van der Waals surface area contributed by atoms with Crippen molar-refractivity contribution < 1.29 is 28.5 Å². The summed E-state index contributed by atoms with van der Waals surface area (Å²) in [5, 5.41) is 0. The summed E-state index contributed by atoms with van der Waals surface area (Å²) in [6, 6.07) is 4.53. The van der Waals surface area contributed by atoms with E-state index in [0.717, 1.165) is 11.5 Å². The van der Waals surface area contributed by atoms with Gasteiger partial charge in [-0.3, -0.25) is 0 Å². The van der Waals surface area contributed by atoms with Gasteiger partial charge in [0, 0.05) is 11.5 Å². The van der Waals surface area contributed by atoms with E-state index in [4.69, 9.17) is 18.9 Å². The molecule has 2 heterocycles. The maximum Gasteiger partial charge on any atom is 0.357 e. The molecule has 7 nitrogen and oxygen atoms in total. The normalized spacial score (nSPS) is 19.1. The lowest BCUT2D eigenvalue weighted by atomic mass is 10.3. The molecule has 1 aliphatic heterocycles. The number of carbonyl (C=O) groups is 2. The highest BCUT2D eigenvalue weighted by Crippen LogP contribution is 2.04. The van der Waals surface area contributed by atoms with Crippen LogP contribution in [0.25, 0.3) is 0 Å². The molecule has 0 radical (unpaired) electrons. The second-order valence-corrected chi connectivity index (χ2v) is 5.74. The van der Waals surface area contributed by atoms with E-state index >= 15 is 0 Å². The topological polar surface area (TPSA) is 84.0 Å². The minimum Gasteiger partial charge on any atom is -0.459 e. The summed E-state index contributed by atoms with van der Waals surface area (Å²) in [5.41, 5.74) is 0.125. The molecule has 2 rings (SSSR count). The summed E-state index contributed by atoms with van der Waals surface area (Å²) >= 11 is 1.71. The van der Waals surface area contributed by atoms with Crippen molar-refractivity contribution >= 4 is 23.7 Å². The van der Waals surface area contributed by atoms with E-state index < -0.39 is 11.9 Å². The summed E-state index contributed by atoms with van der Waals surface area (Å²) in [6.45, 7) is 2.11. The van der Waals surface area contributed by atoms with Gasteiger partial charge in [0.15, 0.2) is 0 Å². The quantitative estimate of drug-likeness (QED) is 0.650. The zero-order valence-electron chi connectivity index (χ0n) is 12.7. The van der Waals surface area contributed by atoms with Gasteiger partial charge >= 0.3 is 11.9 Å². The third kappa shape index (κ3) is 6.55. The Bertz CT molecular complexity index is 483. The van der Waals surface area contributed by atoms with Gasteiger partial charge in [-0.1, -0.05) is 6.07 Å². The fraction of sp³-hybridized carbons (Fsp3) is 0.533. The zero-order chi connectivity index (χ0) is 16.3. The molecule has 23 heavy (non-hydrogen) atoms. The minimum atomic E-state index is -0.595. The van der Waals surface area contributed by atoms with Gasteiger partial charge in [-0.15, -0.1) is 0 Å². The number of cyclic esters (lactones) is 2. The highest BCUT2D eigenvalue weighted by atomic mass is 32.2. The molecule has 8 heteroatoms. The molecule has 0 spiro atoms. The number of rotatable bonds is 0. The third-order valence-electron chi connectivity index (χ3n) is 2.83. The Kier molecular flexibility index (Phi) is 7.85. The lowest BCUT2D eigenvalue weighted by molar-refractivity contribution is 0.0319. The Balaban J connectivity index is 1.96. The van der Waals surface area contributed by atoms with Crippen LogP contribution >= 0.6 is 11.8 Å². The predicted molar refractivity (Wildman–Crippen MR) is 83.8 cm³/mol. The first kappa shape index (κ1) is 17.7. The van der Waals surface area contributed by atoms with Crippen LogP contribution in [0.3, 0.4) is 0 Å². The van der Waals surface area contributed by atoms with Crippen LogP contribution in [0.2, 0.25) is 0 Å². The van der Waals surface area contributed by atoms with Gasteiger partial charge < -0.3 is 18.9 Å². The van der Waals surface area contributed by atoms with Crippen LogP contribution in [0.5, 0.6) is 0 Å². The third-order valence-corrected chi connectivity index (χ3v) is 3.74. The van der Waals surface area contributed by atoms with E-state index in [0.29, 0.717) is 26.4 Å². The van der Waals surface area contributed by atoms with Crippen LogP contribution in [-0.2, 0) is 18.9 Å². The Morgan fingerprint density at radius 3 is 1.83 bits per heavy atom. The Hall–Kier alpha value is -1.64. The molecule has 0 saturated heterocycles. The van der Waals surface area contributed by atoms with Gasteiger partial charge in [-0.2, -0.15) is 11.8 Å². The van der Waals surface area contributed by atoms with Crippen LogP contribution in [0.1, 0.15) is 21.0 Å². The summed E-state index contributed by atoms with van der Waals surface area (Å²) in [5.74, 6) is 0.496. The molecule has 1 aliphatic rings. The maximum absolute atomic E-state index is 11.9. The van der Waals surface area contributed by atoms with Crippen molar-refractivity contribution in [3.63, 3.8) is 0 Å². The summed E-state index contributed by atoms with van der Waals surface area (Å²) in [6.07, 6.45) is 0. The average molecular weight is 341 g/mol. The fourth-order valence-electron chi connectivity index (χ4n) is 1.74. The summed E-state index contributed by atoms with van der Waals surface area (Å²) < 4.78 is 20.8. The van der Waals surface area contributed by atoms with Gasteiger partial charge in [0.05, 0.1) is 26.4 Å². The van der Waals surface area contributed by atoms with Gasteiger partial charge in [-0.05, 0) is 12.1 Å². The molecule has 0 unspecified atom stereocenters. The number of aromatic nitrogens is 1. The standard InChI is InChI=1S/C15H19NO6S/c17-14-12-2-1-3-13(16-12)15(18)22-7-5-20-9-11-23-10-8-19-4-6-21-14/h1-3H,4-11H2. The van der Waals surface area contributed by atoms with Crippen molar-refractivity contribution in [1.82, 2.24) is 4.98 Å². The van der Waals surface area contributed by atoms with Gasteiger partial charge in [0.25, 0.3) is 0 Å². The molecular weight excluding hydrogens is 322 g/mol. The molecule has 0 aromatic carbocycles. The smallest absolute Gasteiger partial charge is 0.357 e. The number of carbonyl (C=O) groups excluding carboxylic acids is 2. The molecule has 126 valence electrons. The highest BCUT2D eigenvalue weighted by Gasteiger charge is 2.14. The van der Waals surface area contributed by atoms with E-state index in [9.17, 15) is 9.59 Å². The zero-order valence-corrected chi connectivity index (χ0v) is 13.5. The monoisotopic (exact) mass is 341 g/mol. The van der Waals surface area contributed by atoms with E-state index in [1.165, 1.54) is 12.1 Å². The molecule has 0 saturated carbocycles. The van der Waals surface area contributed by atoms with Crippen LogP contribution in [0, 0.1) is 0 Å². The molecule has 0 N–H and O–H groups in total. The maximum atomic E-state index is 11.9. The first-order valence-electron chi connectivity index (χ1n) is 7.32. The lowest BCUT2D eigenvalue weighted by Gasteiger charge is -2.09. The Morgan fingerprint density at radius 2 is 1.30 bits per heavy atom. The number of pyridine rings is 1. The van der Waals surface area contributed by atoms with Gasteiger partial charge in [0.1, 0.15) is 24.6 Å². The number of hydrogen-bond donors (Lipinski definition) is 0. The Morgan fingerprint density at radius 1 is 0.783 bits per heavy atom. The number of nitrogens with zero attached hydrogens (tertiary/aromatic N) is 1. The van der Waals surface area contributed by atoms with Crippen molar-refractivity contribution in [2.75, 3.05) is 51.1 Å². The van der Waals surface area contributed by atoms with Crippen molar-refractivity contribution in [3.8, 4) is 0 Å². The first-order chi connectivity index (χ1) is 11.3. The van der Waals surface area contributed by atoms with Crippen molar-refractivity contribution in [1.29, 1.82) is 0 Å². The molecule has 0 atom stereocenters. The lowest BCUT2D eigenvalue weighted by Crippen LogP contribution is -2.17. The second kappa shape index (κ2) is 10.2. The van der Waals surface area contributed by atoms with Gasteiger partial charge in [0.2, 0.25) is 0 Å². The summed E-state index contributed by atoms with van der Waals surface area (Å²) in [7, 11) is 0. The molecule has 0 aliphatic carbocycles. The number of fused-ring (bicyclic) bond motifs is 2. The number of esters is 2. The fourth-order valence-corrected chi connectivity index (χ4v) is 2.41. The number of ether oxygens (including phenoxy) is 4. The average Bonchev–Trinajstić information content (AvgIpc) is 2.58. The number of thioether (sulfide) groups is 1. The molecule has 0 fully saturated rings. The van der Waals surface area contributed by atoms with Gasteiger partial charge in [-0.25, -0.2) is 14.6 Å². The summed E-state index contributed by atoms with van der Waals surface area (Å²) in [4.78, 5) is 27.7. The molecule has 1 aromatic rings. The molecule has 0 amide bonds. The van der Waals surface area contributed by atoms with E-state index in [-0.39, 0.29) is 24.6 Å². The van der Waals surface area contributed by atoms with E-state index in [1.807, 2.05) is 0 Å². The van der Waals surface area contributed by atoms with Crippen molar-refractivity contribution in [3.05, 3.63) is 29.6 Å². The van der Waals surface area contributed by atoms with E-state index in [1.54, 1.807) is 17.8 Å². The van der Waals surface area contributed by atoms with Crippen molar-refractivity contribution in [2.24, 2.45) is 0 Å². The minimum absolute atomic E-state index is 0.0624. The molecular formula is C15H19NO6S. The van der Waals surface area contributed by atoms with E-state index in [2.05, 4.69) is 4.98 Å². The predicted octanol–water partition coefficient (Wildman–Crippen LogP) is 1.18. The molecule has 1 aromatic heterocycles. The molecule has 2 bridgehead atoms. The highest BCUT2D eigenvalue weighted by molar-refractivity contribution is 7.99. The van der Waals surface area contributed by atoms with Crippen molar-refractivity contribution in [2.45, 2.75) is 0 Å². The number of hydrogen-bond acceptors (Lipinski definition) is 8. The van der Waals surface area contributed by atoms with Crippen LogP contribution < -0.4 is 0 Å². The van der Waals surface area contributed by atoms with Crippen LogP contribution in [0.4, 0.5) is 0 Å². The second-order valence-electron chi connectivity index (χ2n) is 4.52. The van der Waals surface area contributed by atoms with Crippen LogP contribution in [0.15, 0.2) is 18.2 Å². The first-order valence-corrected chi connectivity index (χ1v) is 8.47. The Labute approximate surface area is 138 Å². The largest absolute Gasteiger partial charge is 0.459 e.